The summed E-state index contributed by atoms with van der Waals surface area (Å²) in [7, 11) is 0. The van der Waals surface area contributed by atoms with E-state index in [4.69, 9.17) is 0 Å². The minimum absolute atomic E-state index is 0.0280. The summed E-state index contributed by atoms with van der Waals surface area (Å²) in [6, 6.07) is 2.71. The van der Waals surface area contributed by atoms with Gasteiger partial charge in [0.2, 0.25) is 5.91 Å². The van der Waals surface area contributed by atoms with Crippen LogP contribution in [0.4, 0.5) is 23.7 Å². The van der Waals surface area contributed by atoms with Crippen molar-refractivity contribution in [1.29, 1.82) is 0 Å². The third-order valence-corrected chi connectivity index (χ3v) is 4.58. The summed E-state index contributed by atoms with van der Waals surface area (Å²) in [5.41, 5.74) is -1.93. The molecule has 1 fully saturated rings. The fourth-order valence-electron chi connectivity index (χ4n) is 2.90. The van der Waals surface area contributed by atoms with E-state index in [-0.39, 0.29) is 11.3 Å². The van der Waals surface area contributed by atoms with Crippen LogP contribution in [-0.4, -0.2) is 34.8 Å². The third kappa shape index (κ3) is 3.66. The predicted molar refractivity (Wildman–Crippen MR) is 88.4 cm³/mol. The van der Waals surface area contributed by atoms with Gasteiger partial charge in [-0.3, -0.25) is 14.5 Å². The number of hydrogen-bond acceptors (Lipinski definition) is 3. The van der Waals surface area contributed by atoms with Crippen molar-refractivity contribution in [1.82, 2.24) is 10.2 Å². The van der Waals surface area contributed by atoms with Gasteiger partial charge in [-0.05, 0) is 37.5 Å². The average molecular weight is 371 g/mol. The van der Waals surface area contributed by atoms with Gasteiger partial charge in [0.1, 0.15) is 12.1 Å². The number of halogens is 3. The van der Waals surface area contributed by atoms with Gasteiger partial charge in [-0.25, -0.2) is 4.79 Å². The van der Waals surface area contributed by atoms with Crippen LogP contribution >= 0.6 is 0 Å². The highest BCUT2D eigenvalue weighted by Gasteiger charge is 2.49. The normalized spacial score (nSPS) is 16.6. The standard InChI is InChI=1S/C17H20F3N3O3/c1-4-16(5-2)14(25)23(15(26)22-16)9-13(24)21-11-7-6-10(3)12(8-11)17(18,19)20/h6-8H,4-5,9H2,1-3H3,(H,21,24)(H,22,26). The molecule has 6 nitrogen and oxygen atoms in total. The fourth-order valence-corrected chi connectivity index (χ4v) is 2.90. The zero-order valence-electron chi connectivity index (χ0n) is 14.7. The molecule has 9 heteroatoms. The highest BCUT2D eigenvalue weighted by Crippen LogP contribution is 2.33. The number of anilines is 1. The van der Waals surface area contributed by atoms with Crippen LogP contribution in [-0.2, 0) is 15.8 Å². The van der Waals surface area contributed by atoms with E-state index in [0.717, 1.165) is 11.0 Å². The Bertz CT molecular complexity index is 743. The van der Waals surface area contributed by atoms with Gasteiger partial charge in [0.15, 0.2) is 0 Å². The molecule has 1 aromatic carbocycles. The molecule has 4 amide bonds. The first kappa shape index (κ1) is 19.7. The van der Waals surface area contributed by atoms with Crippen LogP contribution in [0.25, 0.3) is 0 Å². The number of carbonyl (C=O) groups excluding carboxylic acids is 3. The second-order valence-electron chi connectivity index (χ2n) is 6.19. The van der Waals surface area contributed by atoms with Crippen molar-refractivity contribution in [2.45, 2.75) is 45.3 Å². The Kier molecular flexibility index (Phi) is 5.29. The molecule has 0 unspecified atom stereocenters. The number of urea groups is 1. The summed E-state index contributed by atoms with van der Waals surface area (Å²) in [4.78, 5) is 37.3. The maximum Gasteiger partial charge on any atom is 0.416 e. The molecule has 142 valence electrons. The van der Waals surface area contributed by atoms with E-state index in [2.05, 4.69) is 10.6 Å². The molecule has 0 spiro atoms. The molecule has 1 heterocycles. The molecule has 0 aromatic heterocycles. The Balaban J connectivity index is 2.13. The summed E-state index contributed by atoms with van der Waals surface area (Å²) in [5, 5.41) is 4.88. The number of carbonyl (C=O) groups is 3. The van der Waals surface area contributed by atoms with Crippen molar-refractivity contribution in [2.75, 3.05) is 11.9 Å². The average Bonchev–Trinajstić information content (AvgIpc) is 2.80. The number of hydrogen-bond donors (Lipinski definition) is 2. The first-order valence-electron chi connectivity index (χ1n) is 8.16. The van der Waals surface area contributed by atoms with Crippen LogP contribution in [0, 0.1) is 6.92 Å². The van der Waals surface area contributed by atoms with Crippen LogP contribution in [0.1, 0.15) is 37.8 Å². The second-order valence-corrected chi connectivity index (χ2v) is 6.19. The van der Waals surface area contributed by atoms with Crippen molar-refractivity contribution < 1.29 is 27.6 Å². The van der Waals surface area contributed by atoms with E-state index in [1.54, 1.807) is 13.8 Å². The topological polar surface area (TPSA) is 78.5 Å². The summed E-state index contributed by atoms with van der Waals surface area (Å²) in [5.74, 6) is -1.27. The van der Waals surface area contributed by atoms with Gasteiger partial charge in [0.05, 0.1) is 5.56 Å². The van der Waals surface area contributed by atoms with Crippen molar-refractivity contribution in [3.63, 3.8) is 0 Å². The van der Waals surface area contributed by atoms with Gasteiger partial charge in [-0.2, -0.15) is 13.2 Å². The Morgan fingerprint density at radius 1 is 1.23 bits per heavy atom. The molecule has 0 saturated carbocycles. The lowest BCUT2D eigenvalue weighted by atomic mass is 9.93. The minimum Gasteiger partial charge on any atom is -0.325 e. The number of nitrogens with one attached hydrogen (secondary N) is 2. The summed E-state index contributed by atoms with van der Waals surface area (Å²) >= 11 is 0. The highest BCUT2D eigenvalue weighted by atomic mass is 19.4. The minimum atomic E-state index is -4.54. The number of imide groups is 1. The van der Waals surface area contributed by atoms with Crippen molar-refractivity contribution in [3.05, 3.63) is 29.3 Å². The maximum atomic E-state index is 12.9. The SMILES string of the molecule is CCC1(CC)NC(=O)N(CC(=O)Nc2ccc(C)c(C(F)(F)F)c2)C1=O. The Morgan fingerprint density at radius 3 is 2.35 bits per heavy atom. The maximum absolute atomic E-state index is 12.9. The van der Waals surface area contributed by atoms with Crippen LogP contribution in [0.3, 0.4) is 0 Å². The molecule has 1 aromatic rings. The molecule has 0 atom stereocenters. The largest absolute Gasteiger partial charge is 0.416 e. The van der Waals surface area contributed by atoms with Gasteiger partial charge >= 0.3 is 12.2 Å². The summed E-state index contributed by atoms with van der Waals surface area (Å²) in [6.45, 7) is 4.24. The highest BCUT2D eigenvalue weighted by molar-refractivity contribution is 6.10. The van der Waals surface area contributed by atoms with E-state index in [1.165, 1.54) is 19.1 Å². The monoisotopic (exact) mass is 371 g/mol. The van der Waals surface area contributed by atoms with Gasteiger partial charge in [-0.15, -0.1) is 0 Å². The molecule has 2 rings (SSSR count). The fraction of sp³-hybridized carbons (Fsp3) is 0.471. The van der Waals surface area contributed by atoms with Crippen molar-refractivity contribution in [3.8, 4) is 0 Å². The lowest BCUT2D eigenvalue weighted by molar-refractivity contribution is -0.138. The zero-order chi connectivity index (χ0) is 19.7. The van der Waals surface area contributed by atoms with Crippen LogP contribution in [0.5, 0.6) is 0 Å². The molecule has 0 aliphatic carbocycles. The van der Waals surface area contributed by atoms with Crippen LogP contribution < -0.4 is 10.6 Å². The van der Waals surface area contributed by atoms with Gasteiger partial charge in [-0.1, -0.05) is 19.9 Å². The number of amides is 4. The molecule has 1 aliphatic rings. The molecule has 0 radical (unpaired) electrons. The van der Waals surface area contributed by atoms with E-state index < -0.39 is 41.7 Å². The molecular formula is C17H20F3N3O3. The van der Waals surface area contributed by atoms with Crippen LogP contribution in [0.2, 0.25) is 0 Å². The lowest BCUT2D eigenvalue weighted by Crippen LogP contribution is -2.46. The third-order valence-electron chi connectivity index (χ3n) is 4.58. The van der Waals surface area contributed by atoms with Gasteiger partial charge in [0, 0.05) is 5.69 Å². The lowest BCUT2D eigenvalue weighted by Gasteiger charge is -2.23. The zero-order valence-corrected chi connectivity index (χ0v) is 14.7. The summed E-state index contributed by atoms with van der Waals surface area (Å²) < 4.78 is 38.8. The Labute approximate surface area is 148 Å². The summed E-state index contributed by atoms with van der Waals surface area (Å²) in [6.07, 6.45) is -3.80. The van der Waals surface area contributed by atoms with E-state index >= 15 is 0 Å². The predicted octanol–water partition coefficient (Wildman–Crippen LogP) is 3.06. The van der Waals surface area contributed by atoms with Crippen molar-refractivity contribution >= 4 is 23.5 Å². The molecule has 26 heavy (non-hydrogen) atoms. The first-order valence-corrected chi connectivity index (χ1v) is 8.16. The molecular weight excluding hydrogens is 351 g/mol. The number of aryl methyl sites for hydroxylation is 1. The number of benzene rings is 1. The van der Waals surface area contributed by atoms with Gasteiger partial charge < -0.3 is 10.6 Å². The number of nitrogens with zero attached hydrogens (tertiary/aromatic N) is 1. The molecule has 0 bridgehead atoms. The van der Waals surface area contributed by atoms with E-state index in [0.29, 0.717) is 12.8 Å². The quantitative estimate of drug-likeness (QED) is 0.781. The van der Waals surface area contributed by atoms with Crippen LogP contribution in [0.15, 0.2) is 18.2 Å². The number of alkyl halides is 3. The molecule has 1 aliphatic heterocycles. The first-order chi connectivity index (χ1) is 12.0. The smallest absolute Gasteiger partial charge is 0.325 e. The van der Waals surface area contributed by atoms with E-state index in [9.17, 15) is 27.6 Å². The molecule has 1 saturated heterocycles. The van der Waals surface area contributed by atoms with E-state index in [1.807, 2.05) is 0 Å². The number of rotatable bonds is 5. The Morgan fingerprint density at radius 2 is 1.85 bits per heavy atom. The second kappa shape index (κ2) is 6.97. The Hall–Kier alpha value is -2.58. The molecule has 2 N–H and O–H groups in total. The van der Waals surface area contributed by atoms with Gasteiger partial charge in [0.25, 0.3) is 5.91 Å². The van der Waals surface area contributed by atoms with Crippen molar-refractivity contribution in [2.24, 2.45) is 0 Å².